The van der Waals surface area contributed by atoms with Crippen molar-refractivity contribution in [2.24, 2.45) is 0 Å². The molecule has 0 amide bonds. The molecular formula is C11H6N3. The van der Waals surface area contributed by atoms with Gasteiger partial charge in [0.05, 0.1) is 0 Å². The molecule has 65 valence electrons. The molecule has 1 heterocycles. The van der Waals surface area contributed by atoms with Gasteiger partial charge >= 0.3 is 0 Å². The minimum absolute atomic E-state index is 0.346. The number of hydrogen-bond donors (Lipinski definition) is 0. The smallest absolute Gasteiger partial charge is 0.166 e. The average molecular weight is 180 g/mol. The minimum atomic E-state index is 0.346. The highest BCUT2D eigenvalue weighted by atomic mass is 14.8. The van der Waals surface area contributed by atoms with Gasteiger partial charge in [0, 0.05) is 18.0 Å². The van der Waals surface area contributed by atoms with Crippen LogP contribution in [0.25, 0.3) is 11.3 Å². The molecule has 1 aromatic heterocycles. The molecule has 0 aliphatic heterocycles. The van der Waals surface area contributed by atoms with Crippen LogP contribution < -0.4 is 0 Å². The number of aromatic nitrogens is 2. The number of rotatable bonds is 1. The molecule has 0 spiro atoms. The standard InChI is InChI=1S/C11H6N3/c12-8-10-11(14-7-6-13-10)9-4-2-1-3-5-9/h2-7H. The third kappa shape index (κ3) is 1.46. The van der Waals surface area contributed by atoms with E-state index in [9.17, 15) is 0 Å². The lowest BCUT2D eigenvalue weighted by atomic mass is 10.1. The van der Waals surface area contributed by atoms with Crippen molar-refractivity contribution in [3.05, 3.63) is 48.4 Å². The van der Waals surface area contributed by atoms with Crippen LogP contribution in [0.3, 0.4) is 0 Å². The molecule has 1 aromatic carbocycles. The summed E-state index contributed by atoms with van der Waals surface area (Å²) in [5.41, 5.74) is 1.84. The Morgan fingerprint density at radius 3 is 2.57 bits per heavy atom. The molecule has 0 saturated carbocycles. The van der Waals surface area contributed by atoms with Gasteiger partial charge in [-0.05, 0) is 6.07 Å². The lowest BCUT2D eigenvalue weighted by molar-refractivity contribution is 1.17. The Morgan fingerprint density at radius 1 is 1.14 bits per heavy atom. The summed E-state index contributed by atoms with van der Waals surface area (Å²) in [6.07, 6.45) is 3.09. The van der Waals surface area contributed by atoms with Crippen LogP contribution in [0.4, 0.5) is 0 Å². The van der Waals surface area contributed by atoms with Crippen LogP contribution in [-0.2, 0) is 0 Å². The van der Waals surface area contributed by atoms with Crippen LogP contribution in [0.2, 0.25) is 0 Å². The highest BCUT2D eigenvalue weighted by Crippen LogP contribution is 2.17. The SMILES string of the molecule is N#Cc1nccnc1-c1cc[c]cc1. The number of nitriles is 1. The first-order valence-electron chi connectivity index (χ1n) is 4.09. The third-order valence-electron chi connectivity index (χ3n) is 1.80. The van der Waals surface area contributed by atoms with E-state index in [2.05, 4.69) is 16.0 Å². The van der Waals surface area contributed by atoms with Gasteiger partial charge in [-0.3, -0.25) is 4.98 Å². The predicted molar refractivity (Wildman–Crippen MR) is 51.0 cm³/mol. The third-order valence-corrected chi connectivity index (χ3v) is 1.80. The molecule has 2 aromatic rings. The monoisotopic (exact) mass is 180 g/mol. The zero-order chi connectivity index (χ0) is 9.80. The topological polar surface area (TPSA) is 49.6 Å². The van der Waals surface area contributed by atoms with E-state index >= 15 is 0 Å². The Bertz CT molecular complexity index is 471. The van der Waals surface area contributed by atoms with E-state index in [4.69, 9.17) is 5.26 Å². The van der Waals surface area contributed by atoms with Gasteiger partial charge in [-0.1, -0.05) is 24.3 Å². The normalized spacial score (nSPS) is 9.36. The maximum Gasteiger partial charge on any atom is 0.166 e. The zero-order valence-corrected chi connectivity index (χ0v) is 7.31. The van der Waals surface area contributed by atoms with Gasteiger partial charge in [0.25, 0.3) is 0 Å². The van der Waals surface area contributed by atoms with Gasteiger partial charge in [-0.15, -0.1) is 0 Å². The lowest BCUT2D eigenvalue weighted by Gasteiger charge is -2.00. The van der Waals surface area contributed by atoms with Crippen molar-refractivity contribution in [1.82, 2.24) is 9.97 Å². The Hall–Kier alpha value is -2.21. The molecule has 0 bridgehead atoms. The molecule has 0 aliphatic carbocycles. The Labute approximate surface area is 81.7 Å². The van der Waals surface area contributed by atoms with Gasteiger partial charge in [0.2, 0.25) is 0 Å². The van der Waals surface area contributed by atoms with Crippen LogP contribution in [0.15, 0.2) is 36.7 Å². The molecule has 14 heavy (non-hydrogen) atoms. The first-order chi connectivity index (χ1) is 6.92. The molecule has 1 radical (unpaired) electrons. The van der Waals surface area contributed by atoms with Gasteiger partial charge in [0.1, 0.15) is 11.8 Å². The summed E-state index contributed by atoms with van der Waals surface area (Å²) in [6.45, 7) is 0. The zero-order valence-electron chi connectivity index (χ0n) is 7.31. The van der Waals surface area contributed by atoms with E-state index in [1.165, 1.54) is 6.20 Å². The highest BCUT2D eigenvalue weighted by Gasteiger charge is 2.05. The van der Waals surface area contributed by atoms with Gasteiger partial charge in [-0.25, -0.2) is 4.98 Å². The molecule has 0 N–H and O–H groups in total. The second-order valence-electron chi connectivity index (χ2n) is 2.65. The Kier molecular flexibility index (Phi) is 2.20. The summed E-state index contributed by atoms with van der Waals surface area (Å²) in [6, 6.07) is 12.2. The fourth-order valence-corrected chi connectivity index (χ4v) is 1.18. The fraction of sp³-hybridized carbons (Fsp3) is 0. The van der Waals surface area contributed by atoms with Crippen LogP contribution in [-0.4, -0.2) is 9.97 Å². The van der Waals surface area contributed by atoms with E-state index in [1.54, 1.807) is 18.3 Å². The van der Waals surface area contributed by atoms with Gasteiger partial charge in [-0.2, -0.15) is 5.26 Å². The fourth-order valence-electron chi connectivity index (χ4n) is 1.18. The summed E-state index contributed by atoms with van der Waals surface area (Å²) >= 11 is 0. The second-order valence-corrected chi connectivity index (χ2v) is 2.65. The average Bonchev–Trinajstić information content (AvgIpc) is 2.30. The summed E-state index contributed by atoms with van der Waals surface area (Å²) in [4.78, 5) is 8.06. The first kappa shape index (κ1) is 8.39. The van der Waals surface area contributed by atoms with E-state index in [0.29, 0.717) is 11.4 Å². The quantitative estimate of drug-likeness (QED) is 0.672. The Morgan fingerprint density at radius 2 is 1.86 bits per heavy atom. The largest absolute Gasteiger partial charge is 0.252 e. The van der Waals surface area contributed by atoms with Crippen molar-refractivity contribution < 1.29 is 0 Å². The van der Waals surface area contributed by atoms with Crippen molar-refractivity contribution in [3.8, 4) is 17.3 Å². The number of nitrogens with zero attached hydrogens (tertiary/aromatic N) is 3. The molecule has 3 nitrogen and oxygen atoms in total. The summed E-state index contributed by atoms with van der Waals surface area (Å²) in [7, 11) is 0. The van der Waals surface area contributed by atoms with Crippen molar-refractivity contribution >= 4 is 0 Å². The van der Waals surface area contributed by atoms with Gasteiger partial charge in [0.15, 0.2) is 5.69 Å². The van der Waals surface area contributed by atoms with E-state index in [-0.39, 0.29) is 0 Å². The predicted octanol–water partition coefficient (Wildman–Crippen LogP) is 1.82. The van der Waals surface area contributed by atoms with Crippen LogP contribution in [0.5, 0.6) is 0 Å². The molecule has 3 heteroatoms. The van der Waals surface area contributed by atoms with Crippen LogP contribution >= 0.6 is 0 Å². The summed E-state index contributed by atoms with van der Waals surface area (Å²) < 4.78 is 0. The molecular weight excluding hydrogens is 174 g/mol. The molecule has 0 unspecified atom stereocenters. The summed E-state index contributed by atoms with van der Waals surface area (Å²) in [5.74, 6) is 0. The minimum Gasteiger partial charge on any atom is -0.252 e. The van der Waals surface area contributed by atoms with E-state index in [0.717, 1.165) is 5.56 Å². The lowest BCUT2D eigenvalue weighted by Crippen LogP contribution is -1.91. The molecule has 0 atom stereocenters. The highest BCUT2D eigenvalue weighted by molar-refractivity contribution is 5.63. The molecule has 0 fully saturated rings. The first-order valence-corrected chi connectivity index (χ1v) is 4.09. The second kappa shape index (κ2) is 3.67. The molecule has 0 aliphatic rings. The van der Waals surface area contributed by atoms with Crippen LogP contribution in [0.1, 0.15) is 5.69 Å². The summed E-state index contributed by atoms with van der Waals surface area (Å²) in [5, 5.41) is 8.82. The molecule has 2 rings (SSSR count). The Balaban J connectivity index is 2.58. The van der Waals surface area contributed by atoms with Crippen LogP contribution in [0, 0.1) is 17.4 Å². The van der Waals surface area contributed by atoms with Gasteiger partial charge < -0.3 is 0 Å². The maximum atomic E-state index is 8.82. The van der Waals surface area contributed by atoms with Crippen molar-refractivity contribution in [2.75, 3.05) is 0 Å². The number of benzene rings is 1. The van der Waals surface area contributed by atoms with Crippen molar-refractivity contribution in [3.63, 3.8) is 0 Å². The van der Waals surface area contributed by atoms with Crippen molar-refractivity contribution in [1.29, 1.82) is 5.26 Å². The number of hydrogen-bond acceptors (Lipinski definition) is 3. The van der Waals surface area contributed by atoms with E-state index in [1.807, 2.05) is 18.2 Å². The van der Waals surface area contributed by atoms with E-state index < -0.39 is 0 Å². The molecule has 0 saturated heterocycles. The van der Waals surface area contributed by atoms with Crippen molar-refractivity contribution in [2.45, 2.75) is 0 Å². The maximum absolute atomic E-state index is 8.82.